The third-order valence-electron chi connectivity index (χ3n) is 12.2. The third-order valence-corrected chi connectivity index (χ3v) is 12.5. The molecule has 0 aliphatic heterocycles. The monoisotopic (exact) mass is 1180 g/mol. The first-order chi connectivity index (χ1) is 40.9. The van der Waals surface area contributed by atoms with Gasteiger partial charge in [0.15, 0.2) is 0 Å². The lowest BCUT2D eigenvalue weighted by atomic mass is 10.1. The molecule has 0 saturated heterocycles. The first kappa shape index (κ1) is 60.4. The van der Waals surface area contributed by atoms with Crippen LogP contribution >= 0.6 is 23.2 Å². The van der Waals surface area contributed by atoms with Crippen molar-refractivity contribution < 1.29 is 32.2 Å². The van der Waals surface area contributed by atoms with Crippen LogP contribution in [0.4, 0.5) is 30.2 Å². The predicted octanol–water partition coefficient (Wildman–Crippen LogP) is 15.1. The van der Waals surface area contributed by atoms with Gasteiger partial charge < -0.3 is 26.3 Å². The number of aromatic nitrogens is 3. The van der Waals surface area contributed by atoms with Crippen LogP contribution in [-0.2, 0) is 9.59 Å². The second-order valence-corrected chi connectivity index (χ2v) is 19.4. The summed E-state index contributed by atoms with van der Waals surface area (Å²) < 4.78 is 56.3. The van der Waals surface area contributed by atoms with E-state index < -0.39 is 0 Å². The molecule has 13 nitrogen and oxygen atoms in total. The summed E-state index contributed by atoms with van der Waals surface area (Å²) in [5.74, 6) is 0.707. The second kappa shape index (κ2) is 28.3. The number of nitrogens with two attached hydrogens (primary N) is 2. The van der Waals surface area contributed by atoms with Gasteiger partial charge in [0.25, 0.3) is 16.7 Å². The Hall–Kier alpha value is -10.7. The number of amides is 1. The Balaban J connectivity index is 0.000000163. The summed E-state index contributed by atoms with van der Waals surface area (Å²) in [6.45, 7) is 2.71. The van der Waals surface area contributed by atoms with E-state index in [1.54, 1.807) is 152 Å². The number of nitrogens with one attached hydrogen (secondary N) is 1. The van der Waals surface area contributed by atoms with Gasteiger partial charge in [0.1, 0.15) is 40.4 Å². The zero-order valence-electron chi connectivity index (χ0n) is 45.3. The first-order valence-electron chi connectivity index (χ1n) is 25.8. The first-order valence-corrected chi connectivity index (χ1v) is 26.6. The fraction of sp³-hybridized carbons (Fsp3) is 0.0299. The summed E-state index contributed by atoms with van der Waals surface area (Å²) in [6, 6.07) is 61.4. The van der Waals surface area contributed by atoms with Crippen molar-refractivity contribution in [2.75, 3.05) is 16.8 Å². The lowest BCUT2D eigenvalue weighted by Crippen LogP contribution is -2.18. The van der Waals surface area contributed by atoms with Gasteiger partial charge in [-0.05, 0) is 144 Å². The molecule has 0 bridgehead atoms. The van der Waals surface area contributed by atoms with Crippen LogP contribution in [0.25, 0.3) is 50.4 Å². The molecule has 18 heteroatoms. The van der Waals surface area contributed by atoms with Crippen molar-refractivity contribution in [3.63, 3.8) is 0 Å². The minimum atomic E-state index is -0.361. The van der Waals surface area contributed by atoms with Crippen LogP contribution in [0.1, 0.15) is 13.8 Å². The molecule has 0 fully saturated rings. The summed E-state index contributed by atoms with van der Waals surface area (Å²) >= 11 is 10.8. The summed E-state index contributed by atoms with van der Waals surface area (Å²) in [6.07, 6.45) is 4.97. The number of nitrogen functional groups attached to an aromatic ring is 2. The largest absolute Gasteiger partial charge is 0.456 e. The number of hydrogen-bond donors (Lipinski definition) is 3. The number of benzene rings is 8. The fourth-order valence-corrected chi connectivity index (χ4v) is 8.62. The van der Waals surface area contributed by atoms with E-state index in [4.69, 9.17) is 32.5 Å². The van der Waals surface area contributed by atoms with E-state index >= 15 is 0 Å². The minimum Gasteiger partial charge on any atom is -0.456 e. The SMILES string of the molecule is CC(=O)Cl.CC(=O)Nc1cccc(-n2cc(-c3ccc(F)cc3)c(Oc3ccccc3)cc2=O)c1.Nc1cccc(-n2cc(-c3ccc(F)cc3)c(Cl)cc2=O)c1.Nc1cccc(-n2cc(-c3ccc(F)cc3)c(Oc3ccccc3)cc2=O)c1. The Kier molecular flexibility index (Phi) is 20.1. The van der Waals surface area contributed by atoms with Gasteiger partial charge in [0.05, 0.1) is 22.1 Å². The van der Waals surface area contributed by atoms with Crippen molar-refractivity contribution >= 4 is 51.4 Å². The van der Waals surface area contributed by atoms with Gasteiger partial charge in [-0.1, -0.05) is 103 Å². The predicted molar refractivity (Wildman–Crippen MR) is 330 cm³/mol. The highest BCUT2D eigenvalue weighted by Crippen LogP contribution is 2.35. The molecule has 8 aromatic carbocycles. The normalized spacial score (nSPS) is 10.4. The smallest absolute Gasteiger partial charge is 0.258 e. The van der Waals surface area contributed by atoms with Crippen LogP contribution in [-0.4, -0.2) is 24.9 Å². The molecule has 3 heterocycles. The lowest BCUT2D eigenvalue weighted by molar-refractivity contribution is -0.114. The average molecular weight is 1180 g/mol. The number of anilines is 3. The van der Waals surface area contributed by atoms with Crippen LogP contribution in [0.15, 0.2) is 257 Å². The maximum Gasteiger partial charge on any atom is 0.258 e. The fourth-order valence-electron chi connectivity index (χ4n) is 8.37. The molecule has 0 aliphatic rings. The maximum absolute atomic E-state index is 13.5. The van der Waals surface area contributed by atoms with Crippen LogP contribution < -0.4 is 42.9 Å². The molecular weight excluding hydrogens is 1130 g/mol. The highest BCUT2D eigenvalue weighted by atomic mass is 35.5. The van der Waals surface area contributed by atoms with Crippen LogP contribution in [0, 0.1) is 17.5 Å². The number of hydrogen-bond acceptors (Lipinski definition) is 9. The number of rotatable bonds is 11. The number of para-hydroxylation sites is 2. The topological polar surface area (TPSA) is 183 Å². The molecule has 3 aromatic heterocycles. The van der Waals surface area contributed by atoms with Gasteiger partial charge in [-0.2, -0.15) is 0 Å². The number of carbonyl (C=O) groups excluding carboxylic acids is 2. The molecule has 85 heavy (non-hydrogen) atoms. The summed E-state index contributed by atoms with van der Waals surface area (Å²) in [7, 11) is 0. The van der Waals surface area contributed by atoms with Crippen molar-refractivity contribution in [1.29, 1.82) is 0 Å². The highest BCUT2D eigenvalue weighted by Gasteiger charge is 2.16. The van der Waals surface area contributed by atoms with Crippen LogP contribution in [0.2, 0.25) is 5.02 Å². The third kappa shape index (κ3) is 16.7. The van der Waals surface area contributed by atoms with Gasteiger partial charge in [-0.3, -0.25) is 37.7 Å². The zero-order chi connectivity index (χ0) is 60.6. The molecular formula is C67H51Cl2F3N6O7. The van der Waals surface area contributed by atoms with Crippen molar-refractivity contribution in [2.24, 2.45) is 0 Å². The standard InChI is InChI=1S/C25H19FN2O3.C23H17FN2O2.C17H12ClFN2O.C2H3ClO/c1-17(29)27-20-6-5-7-21(14-20)28-16-23(18-10-12-19(26)13-11-18)24(15-25(28)30)31-22-8-3-2-4-9-22;24-17-11-9-16(10-12-17)21-15-26(19-6-4-5-18(25)13-19)23(27)14-22(21)28-20-7-2-1-3-8-20;18-16-9-17(22)21(14-3-1-2-13(20)8-14)10-15(16)11-4-6-12(19)7-5-11;1-2(3)4/h2-16H,1H3,(H,27,29);1-15H,25H2;1-10H,20H2;1H3. The van der Waals surface area contributed by atoms with E-state index in [2.05, 4.69) is 16.9 Å². The van der Waals surface area contributed by atoms with Gasteiger partial charge in [-0.15, -0.1) is 0 Å². The van der Waals surface area contributed by atoms with E-state index in [0.29, 0.717) is 84.4 Å². The Labute approximate surface area is 495 Å². The summed E-state index contributed by atoms with van der Waals surface area (Å²) in [5, 5.41) is 2.67. The number of ether oxygens (including phenoxy) is 2. The number of pyridine rings is 3. The summed E-state index contributed by atoms with van der Waals surface area (Å²) in [5.41, 5.74) is 18.4. The Morgan fingerprint density at radius 1 is 0.435 bits per heavy atom. The van der Waals surface area contributed by atoms with Gasteiger partial charge >= 0.3 is 0 Å². The number of carbonyl (C=O) groups is 2. The molecule has 0 saturated carbocycles. The zero-order valence-corrected chi connectivity index (χ0v) is 46.8. The molecule has 1 amide bonds. The maximum atomic E-state index is 13.5. The molecule has 0 unspecified atom stereocenters. The van der Waals surface area contributed by atoms with Gasteiger partial charge in [-0.25, -0.2) is 13.2 Å². The Bertz CT molecular complexity index is 4320. The average Bonchev–Trinajstić information content (AvgIpc) is 2.17. The van der Waals surface area contributed by atoms with Crippen molar-refractivity contribution in [1.82, 2.24) is 13.7 Å². The Morgan fingerprint density at radius 3 is 1.15 bits per heavy atom. The molecule has 0 atom stereocenters. The summed E-state index contributed by atoms with van der Waals surface area (Å²) in [4.78, 5) is 58.5. The lowest BCUT2D eigenvalue weighted by Gasteiger charge is -2.15. The van der Waals surface area contributed by atoms with E-state index in [9.17, 15) is 37.1 Å². The van der Waals surface area contributed by atoms with Crippen molar-refractivity contribution in [3.05, 3.63) is 297 Å². The van der Waals surface area contributed by atoms with Gasteiger partial charge in [0, 0.05) is 84.4 Å². The molecule has 426 valence electrons. The van der Waals surface area contributed by atoms with E-state index in [0.717, 1.165) is 11.1 Å². The number of nitrogens with zero attached hydrogens (tertiary/aromatic N) is 3. The molecule has 11 aromatic rings. The van der Waals surface area contributed by atoms with E-state index in [1.165, 1.54) is 82.1 Å². The van der Waals surface area contributed by atoms with E-state index in [1.807, 2.05) is 36.4 Å². The van der Waals surface area contributed by atoms with Crippen LogP contribution in [0.3, 0.4) is 0 Å². The minimum absolute atomic E-state index is 0.205. The van der Waals surface area contributed by atoms with Crippen molar-refractivity contribution in [3.8, 4) is 73.4 Å². The molecule has 11 rings (SSSR count). The highest BCUT2D eigenvalue weighted by molar-refractivity contribution is 6.62. The quantitative estimate of drug-likeness (QED) is 0.0838. The van der Waals surface area contributed by atoms with Crippen LogP contribution in [0.5, 0.6) is 23.0 Å². The molecule has 0 radical (unpaired) electrons. The molecule has 0 aliphatic carbocycles. The van der Waals surface area contributed by atoms with Gasteiger partial charge in [0.2, 0.25) is 11.1 Å². The van der Waals surface area contributed by atoms with Crippen molar-refractivity contribution in [2.45, 2.75) is 13.8 Å². The second-order valence-electron chi connectivity index (χ2n) is 18.5. The number of halogens is 5. The molecule has 0 spiro atoms. The molecule has 5 N–H and O–H groups in total. The Morgan fingerprint density at radius 2 is 0.776 bits per heavy atom. The van der Waals surface area contributed by atoms with E-state index in [-0.39, 0.29) is 45.3 Å².